The molecule has 0 fully saturated rings. The SMILES string of the molecule is CCOC(CC)=NOC(=O)c1ccccc1. The normalized spacial score (nSPS) is 11.0. The van der Waals surface area contributed by atoms with E-state index in [9.17, 15) is 4.79 Å². The van der Waals surface area contributed by atoms with E-state index in [-0.39, 0.29) is 0 Å². The minimum Gasteiger partial charge on any atom is -0.479 e. The zero-order valence-electron chi connectivity index (χ0n) is 9.47. The Morgan fingerprint density at radius 3 is 2.50 bits per heavy atom. The largest absolute Gasteiger partial charge is 0.479 e. The summed E-state index contributed by atoms with van der Waals surface area (Å²) in [7, 11) is 0. The van der Waals surface area contributed by atoms with E-state index in [1.54, 1.807) is 24.3 Å². The average Bonchev–Trinajstić information content (AvgIpc) is 2.35. The fourth-order valence-electron chi connectivity index (χ4n) is 1.08. The maximum atomic E-state index is 11.5. The number of rotatable bonds is 4. The van der Waals surface area contributed by atoms with Gasteiger partial charge in [-0.25, -0.2) is 4.79 Å². The first-order valence-electron chi connectivity index (χ1n) is 5.24. The van der Waals surface area contributed by atoms with Crippen molar-refractivity contribution in [2.45, 2.75) is 20.3 Å². The molecule has 1 aromatic carbocycles. The molecule has 0 saturated heterocycles. The highest BCUT2D eigenvalue weighted by Crippen LogP contribution is 2.02. The van der Waals surface area contributed by atoms with E-state index >= 15 is 0 Å². The molecule has 0 saturated carbocycles. The summed E-state index contributed by atoms with van der Waals surface area (Å²) in [6.07, 6.45) is 0.593. The van der Waals surface area contributed by atoms with Crippen molar-refractivity contribution in [2.24, 2.45) is 5.16 Å². The molecule has 0 aliphatic heterocycles. The second kappa shape index (κ2) is 6.61. The van der Waals surface area contributed by atoms with Crippen LogP contribution in [0.1, 0.15) is 30.6 Å². The van der Waals surface area contributed by atoms with Crippen molar-refractivity contribution >= 4 is 11.9 Å². The van der Waals surface area contributed by atoms with Crippen LogP contribution in [0.2, 0.25) is 0 Å². The van der Waals surface area contributed by atoms with Gasteiger partial charge in [0.2, 0.25) is 5.90 Å². The molecule has 0 atom stereocenters. The quantitative estimate of drug-likeness (QED) is 0.340. The first-order valence-corrected chi connectivity index (χ1v) is 5.24. The number of benzene rings is 1. The summed E-state index contributed by atoms with van der Waals surface area (Å²) in [6.45, 7) is 4.24. The maximum Gasteiger partial charge on any atom is 0.365 e. The third-order valence-corrected chi connectivity index (χ3v) is 1.85. The zero-order valence-corrected chi connectivity index (χ0v) is 9.47. The lowest BCUT2D eigenvalue weighted by molar-refractivity contribution is 0.0499. The minimum absolute atomic E-state index is 0.423. The third kappa shape index (κ3) is 3.73. The van der Waals surface area contributed by atoms with Crippen LogP contribution in [0.25, 0.3) is 0 Å². The Morgan fingerprint density at radius 1 is 1.25 bits per heavy atom. The summed E-state index contributed by atoms with van der Waals surface area (Å²) in [5.41, 5.74) is 0.471. The Hall–Kier alpha value is -1.84. The van der Waals surface area contributed by atoms with Crippen molar-refractivity contribution in [2.75, 3.05) is 6.61 Å². The Kier molecular flexibility index (Phi) is 5.05. The predicted octanol–water partition coefficient (Wildman–Crippen LogP) is 2.60. The lowest BCUT2D eigenvalue weighted by Crippen LogP contribution is -2.07. The van der Waals surface area contributed by atoms with E-state index in [1.165, 1.54) is 0 Å². The molecule has 4 nitrogen and oxygen atoms in total. The van der Waals surface area contributed by atoms with Crippen molar-refractivity contribution < 1.29 is 14.4 Å². The molecule has 0 aliphatic carbocycles. The smallest absolute Gasteiger partial charge is 0.365 e. The molecule has 16 heavy (non-hydrogen) atoms. The number of hydrogen-bond donors (Lipinski definition) is 0. The van der Waals surface area contributed by atoms with Crippen LogP contribution in [0.4, 0.5) is 0 Å². The molecule has 0 radical (unpaired) electrons. The lowest BCUT2D eigenvalue weighted by atomic mass is 10.2. The van der Waals surface area contributed by atoms with Crippen molar-refractivity contribution in [1.82, 2.24) is 0 Å². The monoisotopic (exact) mass is 221 g/mol. The Bertz CT molecular complexity index is 360. The van der Waals surface area contributed by atoms with Gasteiger partial charge in [-0.05, 0) is 24.2 Å². The molecule has 0 N–H and O–H groups in total. The van der Waals surface area contributed by atoms with E-state index in [4.69, 9.17) is 9.57 Å². The van der Waals surface area contributed by atoms with E-state index in [0.29, 0.717) is 24.5 Å². The first-order chi connectivity index (χ1) is 7.77. The standard InChI is InChI=1S/C12H15NO3/c1-3-11(15-4-2)13-16-12(14)10-8-6-5-7-9-10/h5-9H,3-4H2,1-2H3. The molecular weight excluding hydrogens is 206 g/mol. The van der Waals surface area contributed by atoms with Crippen molar-refractivity contribution in [3.63, 3.8) is 0 Å². The number of carbonyl (C=O) groups excluding carboxylic acids is 1. The highest BCUT2D eigenvalue weighted by molar-refractivity contribution is 5.89. The van der Waals surface area contributed by atoms with Crippen molar-refractivity contribution in [3.05, 3.63) is 35.9 Å². The molecular formula is C12H15NO3. The van der Waals surface area contributed by atoms with Gasteiger partial charge in [0.15, 0.2) is 0 Å². The van der Waals surface area contributed by atoms with Gasteiger partial charge in [-0.15, -0.1) is 0 Å². The van der Waals surface area contributed by atoms with Crippen molar-refractivity contribution in [3.8, 4) is 0 Å². The highest BCUT2D eigenvalue weighted by atomic mass is 16.7. The van der Waals surface area contributed by atoms with Crippen LogP contribution in [-0.4, -0.2) is 18.5 Å². The van der Waals surface area contributed by atoms with Gasteiger partial charge in [0.1, 0.15) is 0 Å². The second-order valence-corrected chi connectivity index (χ2v) is 3.02. The van der Waals surface area contributed by atoms with E-state index in [0.717, 1.165) is 0 Å². The molecule has 0 spiro atoms. The molecule has 0 aliphatic rings. The summed E-state index contributed by atoms with van der Waals surface area (Å²) in [4.78, 5) is 16.2. The van der Waals surface area contributed by atoms with Crippen LogP contribution in [0.3, 0.4) is 0 Å². The molecule has 0 heterocycles. The third-order valence-electron chi connectivity index (χ3n) is 1.85. The Morgan fingerprint density at radius 2 is 1.94 bits per heavy atom. The molecule has 0 unspecified atom stereocenters. The van der Waals surface area contributed by atoms with Gasteiger partial charge < -0.3 is 9.57 Å². The molecule has 1 rings (SSSR count). The molecule has 0 aromatic heterocycles. The highest BCUT2D eigenvalue weighted by Gasteiger charge is 2.06. The molecule has 86 valence electrons. The van der Waals surface area contributed by atoms with Gasteiger partial charge in [0.05, 0.1) is 12.2 Å². The van der Waals surface area contributed by atoms with Crippen LogP contribution >= 0.6 is 0 Å². The number of carbonyl (C=O) groups is 1. The summed E-state index contributed by atoms with van der Waals surface area (Å²) in [5, 5.41) is 3.65. The van der Waals surface area contributed by atoms with Crippen molar-refractivity contribution in [1.29, 1.82) is 0 Å². The maximum absolute atomic E-state index is 11.5. The summed E-state index contributed by atoms with van der Waals surface area (Å²) < 4.78 is 5.15. The van der Waals surface area contributed by atoms with E-state index < -0.39 is 5.97 Å². The fourth-order valence-corrected chi connectivity index (χ4v) is 1.08. The first kappa shape index (κ1) is 12.2. The zero-order chi connectivity index (χ0) is 11.8. The number of oxime groups is 1. The Balaban J connectivity index is 2.58. The van der Waals surface area contributed by atoms with Crippen LogP contribution in [0.15, 0.2) is 35.5 Å². The van der Waals surface area contributed by atoms with Crippen LogP contribution in [-0.2, 0) is 9.57 Å². The topological polar surface area (TPSA) is 47.9 Å². The Labute approximate surface area is 94.9 Å². The summed E-state index contributed by atoms with van der Waals surface area (Å²) >= 11 is 0. The van der Waals surface area contributed by atoms with Gasteiger partial charge in [0.25, 0.3) is 0 Å². The van der Waals surface area contributed by atoms with Crippen LogP contribution in [0.5, 0.6) is 0 Å². The average molecular weight is 221 g/mol. The lowest BCUT2D eigenvalue weighted by Gasteiger charge is -2.03. The minimum atomic E-state index is -0.480. The van der Waals surface area contributed by atoms with E-state index in [2.05, 4.69) is 5.16 Å². The number of nitrogens with zero attached hydrogens (tertiary/aromatic N) is 1. The molecule has 4 heteroatoms. The van der Waals surface area contributed by atoms with Gasteiger partial charge in [-0.2, -0.15) is 0 Å². The summed E-state index contributed by atoms with van der Waals surface area (Å²) in [6, 6.07) is 8.71. The van der Waals surface area contributed by atoms with Gasteiger partial charge >= 0.3 is 5.97 Å². The predicted molar refractivity (Wildman–Crippen MR) is 61.2 cm³/mol. The van der Waals surface area contributed by atoms with Gasteiger partial charge in [-0.3, -0.25) is 0 Å². The van der Waals surface area contributed by atoms with E-state index in [1.807, 2.05) is 19.9 Å². The molecule has 0 amide bonds. The molecule has 1 aromatic rings. The molecule has 0 bridgehead atoms. The second-order valence-electron chi connectivity index (χ2n) is 3.02. The fraction of sp³-hybridized carbons (Fsp3) is 0.333. The van der Waals surface area contributed by atoms with Crippen LogP contribution < -0.4 is 0 Å². The number of ether oxygens (including phenoxy) is 1. The van der Waals surface area contributed by atoms with Gasteiger partial charge in [-0.1, -0.05) is 25.1 Å². The van der Waals surface area contributed by atoms with Gasteiger partial charge in [0, 0.05) is 6.42 Å². The van der Waals surface area contributed by atoms with Crippen LogP contribution in [0, 0.1) is 0 Å². The number of hydrogen-bond acceptors (Lipinski definition) is 4. The summed E-state index contributed by atoms with van der Waals surface area (Å²) in [5.74, 6) is -0.0574.